The van der Waals surface area contributed by atoms with Crippen LogP contribution in [0.4, 0.5) is 0 Å². The Labute approximate surface area is 108 Å². The number of hydrogen-bond donors (Lipinski definition) is 3. The smallest absolute Gasteiger partial charge is 0.223 e. The van der Waals surface area contributed by atoms with Crippen LogP contribution >= 0.6 is 0 Å². The van der Waals surface area contributed by atoms with E-state index >= 15 is 0 Å². The molecule has 0 aromatic rings. The first-order chi connectivity index (χ1) is 8.63. The number of likely N-dealkylation sites (tertiary alicyclic amines) is 1. The van der Waals surface area contributed by atoms with E-state index < -0.39 is 0 Å². The van der Waals surface area contributed by atoms with Crippen molar-refractivity contribution in [2.24, 2.45) is 10.9 Å². The molecule has 0 aliphatic carbocycles. The summed E-state index contributed by atoms with van der Waals surface area (Å²) in [6.45, 7) is 4.38. The molecule has 104 valence electrons. The maximum Gasteiger partial charge on any atom is 0.223 e. The van der Waals surface area contributed by atoms with Gasteiger partial charge in [0.05, 0.1) is 0 Å². The fourth-order valence-electron chi connectivity index (χ4n) is 2.15. The summed E-state index contributed by atoms with van der Waals surface area (Å²) in [6, 6.07) is 0.107. The predicted molar refractivity (Wildman–Crippen MR) is 70.5 cm³/mol. The van der Waals surface area contributed by atoms with Gasteiger partial charge in [-0.3, -0.25) is 4.79 Å². The molecule has 6 nitrogen and oxygen atoms in total. The Hall–Kier alpha value is -1.30. The van der Waals surface area contributed by atoms with Gasteiger partial charge in [0.25, 0.3) is 0 Å². The van der Waals surface area contributed by atoms with Crippen LogP contribution in [0.3, 0.4) is 0 Å². The third-order valence-electron chi connectivity index (χ3n) is 3.18. The molecule has 1 fully saturated rings. The van der Waals surface area contributed by atoms with Crippen LogP contribution in [-0.2, 0) is 4.79 Å². The molecule has 0 spiro atoms. The Kier molecular flexibility index (Phi) is 6.49. The number of carbonyl (C=O) groups is 1. The van der Waals surface area contributed by atoms with E-state index in [4.69, 9.17) is 10.9 Å². The van der Waals surface area contributed by atoms with Gasteiger partial charge >= 0.3 is 0 Å². The summed E-state index contributed by atoms with van der Waals surface area (Å²) in [4.78, 5) is 13.8. The van der Waals surface area contributed by atoms with Gasteiger partial charge < -0.3 is 21.2 Å². The number of nitrogens with two attached hydrogens (primary N) is 1. The highest BCUT2D eigenvalue weighted by atomic mass is 16.4. The number of piperidine rings is 1. The summed E-state index contributed by atoms with van der Waals surface area (Å²) in [5.74, 6) is 0.426. The van der Waals surface area contributed by atoms with Crippen molar-refractivity contribution in [3.63, 3.8) is 0 Å². The van der Waals surface area contributed by atoms with Crippen LogP contribution < -0.4 is 11.1 Å². The molecule has 1 unspecified atom stereocenters. The Bertz CT molecular complexity index is 288. The second-order valence-corrected chi connectivity index (χ2v) is 4.84. The summed E-state index contributed by atoms with van der Waals surface area (Å²) in [5, 5.41) is 14.6. The Morgan fingerprint density at radius 1 is 1.44 bits per heavy atom. The number of hydrogen-bond acceptors (Lipinski definition) is 4. The molecule has 0 bridgehead atoms. The van der Waals surface area contributed by atoms with Crippen LogP contribution in [0, 0.1) is 0 Å². The monoisotopic (exact) mass is 256 g/mol. The van der Waals surface area contributed by atoms with Gasteiger partial charge in [-0.15, -0.1) is 0 Å². The van der Waals surface area contributed by atoms with Gasteiger partial charge in [-0.1, -0.05) is 5.16 Å². The molecule has 4 N–H and O–H groups in total. The van der Waals surface area contributed by atoms with Crippen molar-refractivity contribution < 1.29 is 10.0 Å². The molecule has 1 aliphatic rings. The molecule has 1 atom stereocenters. The van der Waals surface area contributed by atoms with Crippen molar-refractivity contribution in [2.75, 3.05) is 19.6 Å². The van der Waals surface area contributed by atoms with Gasteiger partial charge in [-0.05, 0) is 26.2 Å². The molecule has 1 saturated heterocycles. The number of rotatable bonds is 6. The average Bonchev–Trinajstić information content (AvgIpc) is 2.39. The lowest BCUT2D eigenvalue weighted by atomic mass is 10.1. The highest BCUT2D eigenvalue weighted by molar-refractivity contribution is 5.80. The zero-order chi connectivity index (χ0) is 13.4. The minimum absolute atomic E-state index is 0.107. The van der Waals surface area contributed by atoms with Crippen LogP contribution in [0.25, 0.3) is 0 Å². The van der Waals surface area contributed by atoms with Crippen LogP contribution in [0.15, 0.2) is 5.16 Å². The number of oxime groups is 1. The van der Waals surface area contributed by atoms with E-state index in [1.54, 1.807) is 0 Å². The lowest BCUT2D eigenvalue weighted by molar-refractivity contribution is -0.131. The highest BCUT2D eigenvalue weighted by Gasteiger charge is 2.16. The molecule has 1 amide bonds. The van der Waals surface area contributed by atoms with Gasteiger partial charge in [-0.25, -0.2) is 0 Å². The minimum atomic E-state index is 0.107. The van der Waals surface area contributed by atoms with Crippen molar-refractivity contribution >= 4 is 11.7 Å². The molecule has 1 heterocycles. The summed E-state index contributed by atoms with van der Waals surface area (Å²) < 4.78 is 0. The van der Waals surface area contributed by atoms with Crippen molar-refractivity contribution in [1.29, 1.82) is 0 Å². The van der Waals surface area contributed by atoms with Crippen LogP contribution in [0.5, 0.6) is 0 Å². The highest BCUT2D eigenvalue weighted by Crippen LogP contribution is 2.09. The van der Waals surface area contributed by atoms with Gasteiger partial charge in [-0.2, -0.15) is 0 Å². The lowest BCUT2D eigenvalue weighted by Crippen LogP contribution is -2.38. The van der Waals surface area contributed by atoms with Gasteiger partial charge in [0.1, 0.15) is 5.84 Å². The summed E-state index contributed by atoms with van der Waals surface area (Å²) >= 11 is 0. The number of carbonyl (C=O) groups excluding carboxylic acids is 1. The molecule has 6 heteroatoms. The van der Waals surface area contributed by atoms with Crippen molar-refractivity contribution in [2.45, 2.75) is 45.1 Å². The van der Waals surface area contributed by atoms with Crippen LogP contribution in [0.2, 0.25) is 0 Å². The second-order valence-electron chi connectivity index (χ2n) is 4.84. The first kappa shape index (κ1) is 14.8. The van der Waals surface area contributed by atoms with Gasteiger partial charge in [0.2, 0.25) is 5.91 Å². The first-order valence-corrected chi connectivity index (χ1v) is 6.61. The molecule has 18 heavy (non-hydrogen) atoms. The molecule has 1 aliphatic heterocycles. The zero-order valence-electron chi connectivity index (χ0n) is 11.1. The van der Waals surface area contributed by atoms with E-state index in [-0.39, 0.29) is 17.8 Å². The average molecular weight is 256 g/mol. The summed E-state index contributed by atoms with van der Waals surface area (Å²) in [6.07, 6.45) is 4.48. The predicted octanol–water partition coefficient (Wildman–Crippen LogP) is 0.504. The Balaban J connectivity index is 2.14. The van der Waals surface area contributed by atoms with Crippen molar-refractivity contribution in [1.82, 2.24) is 10.2 Å². The number of amidine groups is 1. The number of nitrogens with one attached hydrogen (secondary N) is 1. The maximum atomic E-state index is 11.9. The SMILES string of the molecule is CC(CC(N)=NO)NCCC(=O)N1CCCCC1. The molecule has 0 aromatic heterocycles. The van der Waals surface area contributed by atoms with E-state index in [0.717, 1.165) is 25.9 Å². The van der Waals surface area contributed by atoms with E-state index in [0.29, 0.717) is 19.4 Å². The number of nitrogens with zero attached hydrogens (tertiary/aromatic N) is 2. The third kappa shape index (κ3) is 5.35. The summed E-state index contributed by atoms with van der Waals surface area (Å²) in [7, 11) is 0. The fourth-order valence-corrected chi connectivity index (χ4v) is 2.15. The largest absolute Gasteiger partial charge is 0.409 e. The zero-order valence-corrected chi connectivity index (χ0v) is 11.1. The molecule has 0 saturated carbocycles. The van der Waals surface area contributed by atoms with E-state index in [2.05, 4.69) is 10.5 Å². The summed E-state index contributed by atoms with van der Waals surface area (Å²) in [5.41, 5.74) is 5.41. The molecule has 0 aromatic carbocycles. The molecular formula is C12H24N4O2. The second kappa shape index (κ2) is 7.92. The third-order valence-corrected chi connectivity index (χ3v) is 3.18. The molecule has 0 radical (unpaired) electrons. The van der Waals surface area contributed by atoms with Crippen molar-refractivity contribution in [3.05, 3.63) is 0 Å². The topological polar surface area (TPSA) is 91.0 Å². The van der Waals surface area contributed by atoms with E-state index in [9.17, 15) is 4.79 Å². The Morgan fingerprint density at radius 3 is 2.72 bits per heavy atom. The molecule has 1 rings (SSSR count). The normalized spacial score (nSPS) is 18.7. The quantitative estimate of drug-likeness (QED) is 0.279. The Morgan fingerprint density at radius 2 is 2.11 bits per heavy atom. The lowest BCUT2D eigenvalue weighted by Gasteiger charge is -2.27. The van der Waals surface area contributed by atoms with Gasteiger partial charge in [0, 0.05) is 38.5 Å². The van der Waals surface area contributed by atoms with Gasteiger partial charge in [0.15, 0.2) is 0 Å². The number of amides is 1. The first-order valence-electron chi connectivity index (χ1n) is 6.61. The van der Waals surface area contributed by atoms with Crippen LogP contribution in [0.1, 0.15) is 39.0 Å². The maximum absolute atomic E-state index is 11.9. The van der Waals surface area contributed by atoms with Crippen LogP contribution in [-0.4, -0.2) is 47.5 Å². The fraction of sp³-hybridized carbons (Fsp3) is 0.833. The minimum Gasteiger partial charge on any atom is -0.409 e. The van der Waals surface area contributed by atoms with Crippen molar-refractivity contribution in [3.8, 4) is 0 Å². The standard InChI is InChI=1S/C12H24N4O2/c1-10(9-11(13)15-18)14-6-5-12(17)16-7-3-2-4-8-16/h10,14,18H,2-9H2,1H3,(H2,13,15). The van der Waals surface area contributed by atoms with E-state index in [1.165, 1.54) is 6.42 Å². The molecular weight excluding hydrogens is 232 g/mol. The van der Waals surface area contributed by atoms with E-state index in [1.807, 2.05) is 11.8 Å².